The Morgan fingerprint density at radius 1 is 0.925 bits per heavy atom. The van der Waals surface area contributed by atoms with E-state index in [1.807, 2.05) is 77.5 Å². The predicted molar refractivity (Wildman–Crippen MR) is 158 cm³/mol. The summed E-state index contributed by atoms with van der Waals surface area (Å²) in [6.45, 7) is 0. The van der Waals surface area contributed by atoms with E-state index in [2.05, 4.69) is 21.6 Å². The van der Waals surface area contributed by atoms with Crippen molar-refractivity contribution in [2.45, 2.75) is 51.4 Å². The largest absolute Gasteiger partial charge is 0.300 e. The number of rotatable bonds is 12. The van der Waals surface area contributed by atoms with Crippen LogP contribution in [0.4, 0.5) is 5.95 Å². The number of carbonyl (C=O) groups is 2. The lowest BCUT2D eigenvalue weighted by atomic mass is 10.0. The van der Waals surface area contributed by atoms with Crippen LogP contribution in [0.25, 0.3) is 27.7 Å². The van der Waals surface area contributed by atoms with Crippen LogP contribution in [-0.2, 0) is 11.2 Å². The molecule has 0 unspecified atom stereocenters. The minimum absolute atomic E-state index is 0.213. The van der Waals surface area contributed by atoms with Crippen molar-refractivity contribution < 1.29 is 9.59 Å². The van der Waals surface area contributed by atoms with E-state index in [1.54, 1.807) is 6.20 Å². The number of imidazole rings is 1. The summed E-state index contributed by atoms with van der Waals surface area (Å²) < 4.78 is 1.93. The molecule has 202 valence electrons. The van der Waals surface area contributed by atoms with Crippen LogP contribution < -0.4 is 5.32 Å². The van der Waals surface area contributed by atoms with Crippen LogP contribution >= 0.6 is 0 Å². The molecular weight excluding hydrogens is 498 g/mol. The number of benzene rings is 3. The zero-order valence-electron chi connectivity index (χ0n) is 22.5. The lowest BCUT2D eigenvalue weighted by Gasteiger charge is -2.10. The van der Waals surface area contributed by atoms with Crippen LogP contribution in [0.1, 0.15) is 61.0 Å². The van der Waals surface area contributed by atoms with E-state index < -0.39 is 0 Å². The van der Waals surface area contributed by atoms with Gasteiger partial charge in [0.2, 0.25) is 5.95 Å². The second-order valence-corrected chi connectivity index (χ2v) is 10.7. The van der Waals surface area contributed by atoms with Crippen molar-refractivity contribution >= 4 is 28.5 Å². The molecule has 40 heavy (non-hydrogen) atoms. The quantitative estimate of drug-likeness (QED) is 0.167. The standard InChI is InChI=1S/C33H33N5O2/c39-30(18-23-14-15-23)13-6-1-3-10-28-22-38(29-11-4-2-5-12-29)33(35-28)36-32(40)26-9-7-8-24(19-26)25-16-17-31-27(20-25)21-34-37-31/h2,4-5,7-9,11-12,16-17,19-23H,1,3,6,10,13-15,18H2,(H,34,37)(H,35,36,40). The van der Waals surface area contributed by atoms with Crippen LogP contribution in [0, 0.1) is 5.92 Å². The van der Waals surface area contributed by atoms with Crippen molar-refractivity contribution in [2.24, 2.45) is 5.92 Å². The second kappa shape index (κ2) is 11.7. The lowest BCUT2D eigenvalue weighted by Crippen LogP contribution is -2.15. The number of amides is 1. The van der Waals surface area contributed by atoms with Crippen LogP contribution in [0.2, 0.25) is 0 Å². The second-order valence-electron chi connectivity index (χ2n) is 10.7. The molecule has 7 heteroatoms. The summed E-state index contributed by atoms with van der Waals surface area (Å²) in [6.07, 6.45) is 11.4. The Kier molecular flexibility index (Phi) is 7.53. The van der Waals surface area contributed by atoms with E-state index in [0.717, 1.165) is 65.5 Å². The number of aromatic amines is 1. The van der Waals surface area contributed by atoms with Crippen LogP contribution in [0.3, 0.4) is 0 Å². The number of nitrogens with one attached hydrogen (secondary N) is 2. The van der Waals surface area contributed by atoms with Crippen molar-refractivity contribution in [3.8, 4) is 16.8 Å². The third-order valence-corrected chi connectivity index (χ3v) is 7.52. The Morgan fingerprint density at radius 2 is 1.77 bits per heavy atom. The SMILES string of the molecule is O=C(CCCCCc1cn(-c2ccccc2)c(NC(=O)c2cccc(-c3ccc4[nH]ncc4c3)c2)n1)CC1CC1. The van der Waals surface area contributed by atoms with E-state index in [1.165, 1.54) is 12.8 Å². The molecule has 2 heterocycles. The zero-order valence-corrected chi connectivity index (χ0v) is 22.5. The van der Waals surface area contributed by atoms with Crippen molar-refractivity contribution in [3.63, 3.8) is 0 Å². The highest BCUT2D eigenvalue weighted by atomic mass is 16.1. The van der Waals surface area contributed by atoms with Gasteiger partial charge >= 0.3 is 0 Å². The summed E-state index contributed by atoms with van der Waals surface area (Å²) in [7, 11) is 0. The average molecular weight is 532 g/mol. The number of fused-ring (bicyclic) bond motifs is 1. The Hall–Kier alpha value is -4.52. The fourth-order valence-electron chi connectivity index (χ4n) is 5.11. The number of ketones is 1. The normalized spacial score (nSPS) is 13.0. The average Bonchev–Trinajstić information content (AvgIpc) is 3.50. The first-order valence-electron chi connectivity index (χ1n) is 14.1. The van der Waals surface area contributed by atoms with Gasteiger partial charge in [0.25, 0.3) is 5.91 Å². The summed E-state index contributed by atoms with van der Waals surface area (Å²) in [5, 5.41) is 11.1. The monoisotopic (exact) mass is 531 g/mol. The highest BCUT2D eigenvalue weighted by Gasteiger charge is 2.23. The van der Waals surface area contributed by atoms with E-state index in [4.69, 9.17) is 4.98 Å². The van der Waals surface area contributed by atoms with Gasteiger partial charge in [-0.1, -0.05) is 42.8 Å². The van der Waals surface area contributed by atoms with Gasteiger partial charge in [0.1, 0.15) is 5.78 Å². The fourth-order valence-corrected chi connectivity index (χ4v) is 5.11. The van der Waals surface area contributed by atoms with E-state index in [0.29, 0.717) is 29.6 Å². The number of carbonyl (C=O) groups excluding carboxylic acids is 2. The van der Waals surface area contributed by atoms with E-state index in [9.17, 15) is 9.59 Å². The molecule has 5 aromatic rings. The molecule has 1 amide bonds. The third-order valence-electron chi connectivity index (χ3n) is 7.52. The molecule has 6 rings (SSSR count). The van der Waals surface area contributed by atoms with Gasteiger partial charge in [0.05, 0.1) is 17.4 Å². The first-order valence-corrected chi connectivity index (χ1v) is 14.1. The van der Waals surface area contributed by atoms with Crippen molar-refractivity contribution in [3.05, 3.63) is 96.4 Å². The summed E-state index contributed by atoms with van der Waals surface area (Å²) in [5.74, 6) is 1.36. The zero-order chi connectivity index (χ0) is 27.3. The number of hydrogen-bond acceptors (Lipinski definition) is 4. The summed E-state index contributed by atoms with van der Waals surface area (Å²) in [5.41, 5.74) is 5.37. The molecule has 1 aliphatic rings. The van der Waals surface area contributed by atoms with Crippen LogP contribution in [0.5, 0.6) is 0 Å². The number of unbranched alkanes of at least 4 members (excludes halogenated alkanes) is 2. The number of aryl methyl sites for hydroxylation is 1. The maximum absolute atomic E-state index is 13.4. The Morgan fingerprint density at radius 3 is 2.62 bits per heavy atom. The summed E-state index contributed by atoms with van der Waals surface area (Å²) >= 11 is 0. The minimum atomic E-state index is -0.213. The Bertz CT molecular complexity index is 1630. The van der Waals surface area contributed by atoms with Crippen molar-refractivity contribution in [2.75, 3.05) is 5.32 Å². The van der Waals surface area contributed by atoms with Gasteiger partial charge in [0.15, 0.2) is 0 Å². The molecule has 0 radical (unpaired) electrons. The smallest absolute Gasteiger partial charge is 0.258 e. The number of nitrogens with zero attached hydrogens (tertiary/aromatic N) is 3. The number of aromatic nitrogens is 4. The van der Waals surface area contributed by atoms with E-state index in [-0.39, 0.29) is 5.91 Å². The number of Topliss-reactive ketones (excluding diaryl/α,β-unsaturated/α-hetero) is 1. The topological polar surface area (TPSA) is 92.7 Å². The van der Waals surface area contributed by atoms with E-state index >= 15 is 0 Å². The summed E-state index contributed by atoms with van der Waals surface area (Å²) in [4.78, 5) is 30.2. The Labute approximate surface area is 233 Å². The maximum Gasteiger partial charge on any atom is 0.258 e. The molecule has 2 aromatic heterocycles. The third kappa shape index (κ3) is 6.20. The molecule has 0 atom stereocenters. The molecule has 7 nitrogen and oxygen atoms in total. The van der Waals surface area contributed by atoms with Gasteiger partial charge in [-0.3, -0.25) is 24.6 Å². The van der Waals surface area contributed by atoms with Gasteiger partial charge in [-0.05, 0) is 85.5 Å². The molecule has 2 N–H and O–H groups in total. The van der Waals surface area contributed by atoms with Crippen LogP contribution in [0.15, 0.2) is 85.2 Å². The molecule has 0 saturated heterocycles. The first-order chi connectivity index (χ1) is 19.6. The number of para-hydroxylation sites is 1. The molecule has 1 aliphatic carbocycles. The van der Waals surface area contributed by atoms with Gasteiger partial charge in [-0.2, -0.15) is 5.10 Å². The highest BCUT2D eigenvalue weighted by molar-refractivity contribution is 6.04. The molecule has 1 saturated carbocycles. The van der Waals surface area contributed by atoms with Gasteiger partial charge in [-0.25, -0.2) is 4.98 Å². The number of H-pyrrole nitrogens is 1. The first kappa shape index (κ1) is 25.7. The molecule has 0 spiro atoms. The number of hydrogen-bond donors (Lipinski definition) is 2. The Balaban J connectivity index is 1.14. The molecule has 1 fully saturated rings. The molecular formula is C33H33N5O2. The molecule has 0 bridgehead atoms. The van der Waals surface area contributed by atoms with Gasteiger partial charge in [0, 0.05) is 35.7 Å². The maximum atomic E-state index is 13.4. The summed E-state index contributed by atoms with van der Waals surface area (Å²) in [6, 6.07) is 23.6. The highest BCUT2D eigenvalue weighted by Crippen LogP contribution is 2.33. The lowest BCUT2D eigenvalue weighted by molar-refractivity contribution is -0.119. The fraction of sp³-hybridized carbons (Fsp3) is 0.273. The molecule has 3 aromatic carbocycles. The number of anilines is 1. The van der Waals surface area contributed by atoms with Crippen molar-refractivity contribution in [1.82, 2.24) is 19.7 Å². The molecule has 0 aliphatic heterocycles. The van der Waals surface area contributed by atoms with Gasteiger partial charge in [-0.15, -0.1) is 0 Å². The van der Waals surface area contributed by atoms with Crippen LogP contribution in [-0.4, -0.2) is 31.4 Å². The predicted octanol–water partition coefficient (Wildman–Crippen LogP) is 7.14. The minimum Gasteiger partial charge on any atom is -0.300 e. The van der Waals surface area contributed by atoms with Gasteiger partial charge < -0.3 is 0 Å². The van der Waals surface area contributed by atoms with Crippen molar-refractivity contribution in [1.29, 1.82) is 0 Å².